The summed E-state index contributed by atoms with van der Waals surface area (Å²) in [5.41, 5.74) is 5.98. The lowest BCUT2D eigenvalue weighted by Gasteiger charge is -2.13. The van der Waals surface area contributed by atoms with Gasteiger partial charge in [0.25, 0.3) is 0 Å². The number of nitrogens with zero attached hydrogens (tertiary/aromatic N) is 8. The zero-order valence-electron chi connectivity index (χ0n) is 14.3. The van der Waals surface area contributed by atoms with Crippen molar-refractivity contribution in [3.8, 4) is 0 Å². The topological polar surface area (TPSA) is 105 Å². The summed E-state index contributed by atoms with van der Waals surface area (Å²) in [6.45, 7) is 1.85. The highest BCUT2D eigenvalue weighted by Gasteiger charge is 2.22. The largest absolute Gasteiger partial charge is 0.394 e. The van der Waals surface area contributed by atoms with Gasteiger partial charge in [0.05, 0.1) is 53.2 Å². The van der Waals surface area contributed by atoms with Gasteiger partial charge in [-0.1, -0.05) is 11.3 Å². The third kappa shape index (κ3) is 3.02. The van der Waals surface area contributed by atoms with Gasteiger partial charge in [0.1, 0.15) is 0 Å². The molecule has 1 aliphatic rings. The summed E-state index contributed by atoms with van der Waals surface area (Å²) in [5, 5.41) is 23.5. The van der Waals surface area contributed by atoms with E-state index in [0.29, 0.717) is 30.9 Å². The smallest absolute Gasteiger partial charge is 0.221 e. The number of thiazole rings is 1. The first kappa shape index (κ1) is 16.2. The Kier molecular flexibility index (Phi) is 3.98. The van der Waals surface area contributed by atoms with Crippen molar-refractivity contribution in [2.75, 3.05) is 19.7 Å². The van der Waals surface area contributed by atoms with E-state index in [4.69, 9.17) is 10.1 Å². The molecule has 0 bridgehead atoms. The van der Waals surface area contributed by atoms with E-state index >= 15 is 0 Å². The Labute approximate surface area is 158 Å². The zero-order chi connectivity index (χ0) is 18.2. The van der Waals surface area contributed by atoms with Gasteiger partial charge in [-0.15, -0.1) is 16.4 Å². The SMILES string of the molecule is OCCN1CC(c2cnc3nnn(Cc4ccc5ncsc5c4)c3n2)C=N1. The van der Waals surface area contributed by atoms with Crippen molar-refractivity contribution < 1.29 is 5.11 Å². The maximum Gasteiger partial charge on any atom is 0.221 e. The molecule has 27 heavy (non-hydrogen) atoms. The summed E-state index contributed by atoms with van der Waals surface area (Å²) in [6, 6.07) is 6.18. The molecule has 0 radical (unpaired) electrons. The first-order valence-electron chi connectivity index (χ1n) is 8.58. The van der Waals surface area contributed by atoms with Crippen molar-refractivity contribution in [2.45, 2.75) is 12.5 Å². The van der Waals surface area contributed by atoms with Crippen molar-refractivity contribution >= 4 is 39.1 Å². The molecule has 4 aromatic rings. The Morgan fingerprint density at radius 3 is 3.15 bits per heavy atom. The average molecular weight is 380 g/mol. The second kappa shape index (κ2) is 6.63. The summed E-state index contributed by atoms with van der Waals surface area (Å²) in [4.78, 5) is 13.5. The van der Waals surface area contributed by atoms with Crippen LogP contribution in [0.25, 0.3) is 21.5 Å². The van der Waals surface area contributed by atoms with E-state index < -0.39 is 0 Å². The molecule has 0 spiro atoms. The lowest BCUT2D eigenvalue weighted by molar-refractivity contribution is 0.210. The van der Waals surface area contributed by atoms with Crippen molar-refractivity contribution in [3.05, 3.63) is 41.2 Å². The maximum absolute atomic E-state index is 9.06. The summed E-state index contributed by atoms with van der Waals surface area (Å²) >= 11 is 1.62. The van der Waals surface area contributed by atoms with Gasteiger partial charge in [0.15, 0.2) is 5.65 Å². The third-order valence-corrected chi connectivity index (χ3v) is 5.32. The van der Waals surface area contributed by atoms with Crippen LogP contribution in [0.5, 0.6) is 0 Å². The van der Waals surface area contributed by atoms with E-state index in [1.807, 2.05) is 28.9 Å². The highest BCUT2D eigenvalue weighted by molar-refractivity contribution is 7.16. The van der Waals surface area contributed by atoms with Crippen molar-refractivity contribution in [1.82, 2.24) is 35.0 Å². The highest BCUT2D eigenvalue weighted by atomic mass is 32.1. The van der Waals surface area contributed by atoms with Crippen molar-refractivity contribution in [2.24, 2.45) is 5.10 Å². The van der Waals surface area contributed by atoms with Crippen LogP contribution >= 0.6 is 11.3 Å². The number of benzene rings is 1. The van der Waals surface area contributed by atoms with Crippen LogP contribution in [0.1, 0.15) is 17.2 Å². The fourth-order valence-corrected chi connectivity index (χ4v) is 3.90. The summed E-state index contributed by atoms with van der Waals surface area (Å²) in [6.07, 6.45) is 3.57. The van der Waals surface area contributed by atoms with Crippen LogP contribution in [-0.2, 0) is 6.54 Å². The number of hydrazone groups is 1. The summed E-state index contributed by atoms with van der Waals surface area (Å²) in [7, 11) is 0. The molecular formula is C17H16N8OS. The van der Waals surface area contributed by atoms with Gasteiger partial charge in [0, 0.05) is 12.8 Å². The molecule has 0 fully saturated rings. The van der Waals surface area contributed by atoms with Gasteiger partial charge >= 0.3 is 0 Å². The fraction of sp³-hybridized carbons (Fsp3) is 0.294. The van der Waals surface area contributed by atoms with Crippen LogP contribution in [0.2, 0.25) is 0 Å². The molecule has 136 valence electrons. The molecule has 1 unspecified atom stereocenters. The Morgan fingerprint density at radius 1 is 1.26 bits per heavy atom. The lowest BCUT2D eigenvalue weighted by atomic mass is 10.1. The monoisotopic (exact) mass is 380 g/mol. The van der Waals surface area contributed by atoms with E-state index in [0.717, 1.165) is 21.5 Å². The minimum atomic E-state index is 0.0466. The number of aliphatic hydroxyl groups is 1. The van der Waals surface area contributed by atoms with Crippen LogP contribution in [0.4, 0.5) is 0 Å². The minimum Gasteiger partial charge on any atom is -0.394 e. The first-order chi connectivity index (χ1) is 13.3. The summed E-state index contributed by atoms with van der Waals surface area (Å²) < 4.78 is 2.92. The number of fused-ring (bicyclic) bond motifs is 2. The van der Waals surface area contributed by atoms with E-state index in [9.17, 15) is 0 Å². The fourth-order valence-electron chi connectivity index (χ4n) is 3.15. The zero-order valence-corrected chi connectivity index (χ0v) is 15.1. The number of rotatable bonds is 5. The molecular weight excluding hydrogens is 364 g/mol. The van der Waals surface area contributed by atoms with Gasteiger partial charge < -0.3 is 5.11 Å². The van der Waals surface area contributed by atoms with E-state index in [2.05, 4.69) is 31.4 Å². The Balaban J connectivity index is 1.44. The minimum absolute atomic E-state index is 0.0466. The molecule has 0 aliphatic carbocycles. The van der Waals surface area contributed by atoms with Crippen LogP contribution in [0.3, 0.4) is 0 Å². The molecule has 0 amide bonds. The van der Waals surface area contributed by atoms with E-state index in [-0.39, 0.29) is 12.5 Å². The standard InChI is InChI=1S/C17H16N8OS/c26-4-3-24-9-12(6-20-24)14-7-18-16-17(21-14)25(23-22-16)8-11-1-2-13-15(5-11)27-10-19-13/h1-2,5-7,10,12,26H,3-4,8-9H2. The van der Waals surface area contributed by atoms with Crippen LogP contribution in [0.15, 0.2) is 35.0 Å². The van der Waals surface area contributed by atoms with Crippen LogP contribution < -0.4 is 0 Å². The van der Waals surface area contributed by atoms with Gasteiger partial charge in [-0.2, -0.15) is 5.10 Å². The second-order valence-corrected chi connectivity index (χ2v) is 7.24. The number of aromatic nitrogens is 6. The predicted molar refractivity (Wildman–Crippen MR) is 102 cm³/mol. The molecule has 5 rings (SSSR count). The molecule has 10 heteroatoms. The highest BCUT2D eigenvalue weighted by Crippen LogP contribution is 2.22. The van der Waals surface area contributed by atoms with Gasteiger partial charge in [-0.05, 0) is 17.7 Å². The van der Waals surface area contributed by atoms with Crippen LogP contribution in [-0.4, -0.2) is 66.0 Å². The molecule has 4 heterocycles. The molecule has 0 saturated carbocycles. The van der Waals surface area contributed by atoms with E-state index in [1.54, 1.807) is 22.2 Å². The van der Waals surface area contributed by atoms with Crippen molar-refractivity contribution in [1.29, 1.82) is 0 Å². The molecule has 0 saturated heterocycles. The predicted octanol–water partition coefficient (Wildman–Crippen LogP) is 1.26. The van der Waals surface area contributed by atoms with Gasteiger partial charge in [0.2, 0.25) is 5.65 Å². The quantitative estimate of drug-likeness (QED) is 0.555. The normalized spacial score (nSPS) is 16.8. The number of β-amino-alcohol motifs (C(OH)–C–C–N with tert-alkyl or cyclic N) is 1. The molecule has 1 atom stereocenters. The lowest BCUT2D eigenvalue weighted by Crippen LogP contribution is -2.21. The molecule has 3 aromatic heterocycles. The van der Waals surface area contributed by atoms with Crippen molar-refractivity contribution in [3.63, 3.8) is 0 Å². The first-order valence-corrected chi connectivity index (χ1v) is 9.46. The molecule has 9 nitrogen and oxygen atoms in total. The van der Waals surface area contributed by atoms with Gasteiger partial charge in [-0.3, -0.25) is 5.01 Å². The number of hydrogen-bond acceptors (Lipinski definition) is 9. The Morgan fingerprint density at radius 2 is 2.22 bits per heavy atom. The maximum atomic E-state index is 9.06. The second-order valence-electron chi connectivity index (χ2n) is 6.35. The van der Waals surface area contributed by atoms with E-state index in [1.165, 1.54) is 0 Å². The average Bonchev–Trinajstić information content (AvgIpc) is 3.41. The third-order valence-electron chi connectivity index (χ3n) is 4.53. The summed E-state index contributed by atoms with van der Waals surface area (Å²) in [5.74, 6) is 0.0466. The Hall–Kier alpha value is -2.98. The number of aliphatic hydroxyl groups excluding tert-OH is 1. The Bertz CT molecular complexity index is 1140. The molecule has 1 aliphatic heterocycles. The molecule has 1 aromatic carbocycles. The van der Waals surface area contributed by atoms with Crippen LogP contribution in [0, 0.1) is 0 Å². The number of hydrogen-bond donors (Lipinski definition) is 1. The molecule has 1 N–H and O–H groups in total. The van der Waals surface area contributed by atoms with Gasteiger partial charge in [-0.25, -0.2) is 19.6 Å².